The van der Waals surface area contributed by atoms with Crippen LogP contribution in [-0.2, 0) is 4.79 Å². The molecule has 3 unspecified atom stereocenters. The van der Waals surface area contributed by atoms with Gasteiger partial charge in [0.25, 0.3) is 0 Å². The Morgan fingerprint density at radius 3 is 2.62 bits per heavy atom. The second kappa shape index (κ2) is 6.63. The lowest BCUT2D eigenvalue weighted by molar-refractivity contribution is -0.128. The number of rotatable bonds is 3. The molecule has 3 atom stereocenters. The summed E-state index contributed by atoms with van der Waals surface area (Å²) in [5.41, 5.74) is 6.31. The molecular weight excluding hydrogens is 304 g/mol. The van der Waals surface area contributed by atoms with Crippen molar-refractivity contribution in [3.05, 3.63) is 24.3 Å². The van der Waals surface area contributed by atoms with E-state index in [0.717, 1.165) is 24.3 Å². The summed E-state index contributed by atoms with van der Waals surface area (Å²) in [6, 6.07) is 7.94. The molecule has 5 heteroatoms. The first kappa shape index (κ1) is 15.8. The Hall–Kier alpha value is -1.75. The van der Waals surface area contributed by atoms with Crippen LogP contribution in [0.3, 0.4) is 0 Å². The van der Waals surface area contributed by atoms with Crippen molar-refractivity contribution in [1.29, 1.82) is 0 Å². The van der Waals surface area contributed by atoms with E-state index in [9.17, 15) is 4.79 Å². The Morgan fingerprint density at radius 1 is 1.17 bits per heavy atom. The first-order chi connectivity index (χ1) is 11.7. The van der Waals surface area contributed by atoms with Gasteiger partial charge in [0.15, 0.2) is 11.5 Å². The Labute approximate surface area is 142 Å². The van der Waals surface area contributed by atoms with Gasteiger partial charge in [-0.1, -0.05) is 18.6 Å². The highest BCUT2D eigenvalue weighted by molar-refractivity contribution is 5.78. The van der Waals surface area contributed by atoms with E-state index in [2.05, 4.69) is 5.32 Å². The van der Waals surface area contributed by atoms with Crippen molar-refractivity contribution < 1.29 is 14.3 Å². The molecule has 2 bridgehead atoms. The number of hydrogen-bond donors (Lipinski definition) is 2. The third kappa shape index (κ3) is 3.09. The fraction of sp³-hybridized carbons (Fsp3) is 0.632. The number of nitrogens with two attached hydrogens (primary N) is 1. The van der Waals surface area contributed by atoms with Crippen LogP contribution >= 0.6 is 0 Å². The fourth-order valence-corrected chi connectivity index (χ4v) is 4.53. The highest BCUT2D eigenvalue weighted by Crippen LogP contribution is 2.41. The molecule has 0 saturated heterocycles. The number of fused-ring (bicyclic) bond motifs is 3. The van der Waals surface area contributed by atoms with Crippen LogP contribution in [0.2, 0.25) is 0 Å². The maximum Gasteiger partial charge on any atom is 0.223 e. The third-order valence-corrected chi connectivity index (χ3v) is 5.86. The molecule has 1 heterocycles. The standard InChI is InChI=1S/C19H26N2O3/c20-18-12-4-3-5-13(18)9-14(8-12)19(22)21-10-15-11-23-16-6-1-2-7-17(16)24-15/h1-2,6-7,12-15,18H,3-5,8-11,20H2,(H,21,22). The Kier molecular flexibility index (Phi) is 4.35. The minimum absolute atomic E-state index is 0.108. The normalized spacial score (nSPS) is 34.5. The monoisotopic (exact) mass is 330 g/mol. The summed E-state index contributed by atoms with van der Waals surface area (Å²) in [6.07, 6.45) is 5.37. The Morgan fingerprint density at radius 2 is 1.88 bits per heavy atom. The maximum atomic E-state index is 12.6. The van der Waals surface area contributed by atoms with Crippen LogP contribution in [-0.4, -0.2) is 31.2 Å². The van der Waals surface area contributed by atoms with E-state index in [1.165, 1.54) is 19.3 Å². The zero-order valence-electron chi connectivity index (χ0n) is 13.9. The molecule has 1 aliphatic heterocycles. The number of nitrogens with one attached hydrogen (secondary N) is 1. The highest BCUT2D eigenvalue weighted by Gasteiger charge is 2.40. The average Bonchev–Trinajstić information content (AvgIpc) is 2.59. The number of hydrogen-bond acceptors (Lipinski definition) is 4. The van der Waals surface area contributed by atoms with Crippen LogP contribution in [0.5, 0.6) is 11.5 Å². The largest absolute Gasteiger partial charge is 0.486 e. The van der Waals surface area contributed by atoms with Gasteiger partial charge >= 0.3 is 0 Å². The molecule has 1 aromatic carbocycles. The van der Waals surface area contributed by atoms with Crippen molar-refractivity contribution in [2.45, 2.75) is 44.2 Å². The van der Waals surface area contributed by atoms with Crippen LogP contribution < -0.4 is 20.5 Å². The number of ether oxygens (including phenoxy) is 2. The van der Waals surface area contributed by atoms with Gasteiger partial charge in [-0.25, -0.2) is 0 Å². The summed E-state index contributed by atoms with van der Waals surface area (Å²) in [5.74, 6) is 2.83. The molecule has 2 aliphatic carbocycles. The quantitative estimate of drug-likeness (QED) is 0.890. The molecule has 0 radical (unpaired) electrons. The van der Waals surface area contributed by atoms with Crippen molar-refractivity contribution in [3.8, 4) is 11.5 Å². The van der Waals surface area contributed by atoms with Gasteiger partial charge in [-0.05, 0) is 49.7 Å². The van der Waals surface area contributed by atoms with E-state index < -0.39 is 0 Å². The van der Waals surface area contributed by atoms with Crippen molar-refractivity contribution >= 4 is 5.91 Å². The molecule has 2 saturated carbocycles. The van der Waals surface area contributed by atoms with Gasteiger partial charge in [-0.15, -0.1) is 0 Å². The zero-order valence-corrected chi connectivity index (χ0v) is 13.9. The zero-order chi connectivity index (χ0) is 16.5. The van der Waals surface area contributed by atoms with Crippen molar-refractivity contribution in [2.75, 3.05) is 13.2 Å². The molecule has 3 aliphatic rings. The predicted octanol–water partition coefficient (Wildman–Crippen LogP) is 2.10. The van der Waals surface area contributed by atoms with Crippen LogP contribution in [0.15, 0.2) is 24.3 Å². The van der Waals surface area contributed by atoms with Crippen LogP contribution in [0.1, 0.15) is 32.1 Å². The van der Waals surface area contributed by atoms with Crippen molar-refractivity contribution in [2.24, 2.45) is 23.5 Å². The molecule has 0 spiro atoms. The van der Waals surface area contributed by atoms with Gasteiger partial charge in [0.1, 0.15) is 12.7 Å². The highest BCUT2D eigenvalue weighted by atomic mass is 16.6. The molecular formula is C19H26N2O3. The van der Waals surface area contributed by atoms with Gasteiger partial charge in [0, 0.05) is 12.0 Å². The molecule has 2 fully saturated rings. The average molecular weight is 330 g/mol. The molecule has 1 aromatic rings. The van der Waals surface area contributed by atoms with E-state index in [1.807, 2.05) is 24.3 Å². The van der Waals surface area contributed by atoms with Gasteiger partial charge in [-0.3, -0.25) is 4.79 Å². The summed E-state index contributed by atoms with van der Waals surface area (Å²) < 4.78 is 11.6. The van der Waals surface area contributed by atoms with E-state index in [0.29, 0.717) is 31.0 Å². The summed E-state index contributed by atoms with van der Waals surface area (Å²) in [4.78, 5) is 12.6. The lowest BCUT2D eigenvalue weighted by Crippen LogP contribution is -2.50. The van der Waals surface area contributed by atoms with Gasteiger partial charge in [-0.2, -0.15) is 0 Å². The van der Waals surface area contributed by atoms with E-state index in [1.54, 1.807) is 0 Å². The smallest absolute Gasteiger partial charge is 0.223 e. The van der Waals surface area contributed by atoms with Crippen LogP contribution in [0.25, 0.3) is 0 Å². The molecule has 130 valence electrons. The van der Waals surface area contributed by atoms with Crippen LogP contribution in [0.4, 0.5) is 0 Å². The van der Waals surface area contributed by atoms with Crippen LogP contribution in [0, 0.1) is 17.8 Å². The van der Waals surface area contributed by atoms with Gasteiger partial charge < -0.3 is 20.5 Å². The number of amides is 1. The summed E-state index contributed by atoms with van der Waals surface area (Å²) >= 11 is 0. The second-order valence-electron chi connectivity index (χ2n) is 7.44. The fourth-order valence-electron chi connectivity index (χ4n) is 4.53. The third-order valence-electron chi connectivity index (χ3n) is 5.86. The minimum atomic E-state index is -0.130. The van der Waals surface area contributed by atoms with E-state index in [-0.39, 0.29) is 17.9 Å². The topological polar surface area (TPSA) is 73.6 Å². The molecule has 0 aromatic heterocycles. The molecule has 1 amide bonds. The predicted molar refractivity (Wildman–Crippen MR) is 90.9 cm³/mol. The molecule has 24 heavy (non-hydrogen) atoms. The van der Waals surface area contributed by atoms with Crippen molar-refractivity contribution in [1.82, 2.24) is 5.32 Å². The Bertz CT molecular complexity index is 592. The Balaban J connectivity index is 1.30. The molecule has 3 N–H and O–H groups in total. The first-order valence-electron chi connectivity index (χ1n) is 9.12. The minimum Gasteiger partial charge on any atom is -0.486 e. The van der Waals surface area contributed by atoms with Gasteiger partial charge in [0.2, 0.25) is 5.91 Å². The summed E-state index contributed by atoms with van der Waals surface area (Å²) in [7, 11) is 0. The maximum absolute atomic E-state index is 12.6. The van der Waals surface area contributed by atoms with E-state index in [4.69, 9.17) is 15.2 Å². The first-order valence-corrected chi connectivity index (χ1v) is 9.12. The lowest BCUT2D eigenvalue weighted by atomic mass is 9.65. The molecule has 4 rings (SSSR count). The van der Waals surface area contributed by atoms with E-state index >= 15 is 0 Å². The summed E-state index contributed by atoms with van der Waals surface area (Å²) in [6.45, 7) is 0.961. The number of benzene rings is 1. The number of para-hydroxylation sites is 2. The SMILES string of the molecule is NC1C2CCCC1CC(C(=O)NCC1COc3ccccc3O1)C2. The van der Waals surface area contributed by atoms with Gasteiger partial charge in [0.05, 0.1) is 6.54 Å². The molecule has 5 nitrogen and oxygen atoms in total. The second-order valence-corrected chi connectivity index (χ2v) is 7.44. The number of carbonyl (C=O) groups is 1. The number of carbonyl (C=O) groups excluding carboxylic acids is 1. The lowest BCUT2D eigenvalue weighted by Gasteiger charge is -2.43. The summed E-state index contributed by atoms with van der Waals surface area (Å²) in [5, 5.41) is 3.07. The van der Waals surface area contributed by atoms with Crippen molar-refractivity contribution in [3.63, 3.8) is 0 Å².